The maximum atomic E-state index is 12.7. The Bertz CT molecular complexity index is 1580. The molecule has 0 radical (unpaired) electrons. The number of rotatable bonds is 9. The molecular formula is C27H23N7O3S. The van der Waals surface area contributed by atoms with Crippen molar-refractivity contribution in [1.29, 1.82) is 0 Å². The van der Waals surface area contributed by atoms with E-state index in [1.54, 1.807) is 66.4 Å². The molecule has 5 aromatic rings. The number of aromatic nitrogens is 4. The Labute approximate surface area is 221 Å². The lowest BCUT2D eigenvalue weighted by atomic mass is 10.2. The van der Waals surface area contributed by atoms with Gasteiger partial charge in [-0.25, -0.2) is 4.98 Å². The molecule has 0 spiro atoms. The number of pyridine rings is 1. The summed E-state index contributed by atoms with van der Waals surface area (Å²) in [6.45, 7) is 0.639. The summed E-state index contributed by atoms with van der Waals surface area (Å²) in [7, 11) is 0. The first-order valence-corrected chi connectivity index (χ1v) is 12.7. The smallest absolute Gasteiger partial charge is 0.275 e. The number of nitrogens with one attached hydrogen (secondary N) is 3. The Hall–Kier alpha value is -4.90. The van der Waals surface area contributed by atoms with Crippen LogP contribution in [0.4, 0.5) is 5.69 Å². The molecule has 5 rings (SSSR count). The van der Waals surface area contributed by atoms with Gasteiger partial charge >= 0.3 is 0 Å². The Morgan fingerprint density at radius 3 is 2.50 bits per heavy atom. The van der Waals surface area contributed by atoms with E-state index in [0.717, 1.165) is 16.0 Å². The molecule has 3 aromatic heterocycles. The summed E-state index contributed by atoms with van der Waals surface area (Å²) >= 11 is 1.39. The lowest BCUT2D eigenvalue weighted by molar-refractivity contribution is -0.121. The van der Waals surface area contributed by atoms with Gasteiger partial charge in [0.15, 0.2) is 0 Å². The number of carbonyl (C=O) groups is 3. The summed E-state index contributed by atoms with van der Waals surface area (Å²) in [5.74, 6) is -0.731. The largest absolute Gasteiger partial charge is 0.353 e. The Morgan fingerprint density at radius 1 is 0.895 bits per heavy atom. The van der Waals surface area contributed by atoms with Gasteiger partial charge in [0.05, 0.1) is 5.52 Å². The fourth-order valence-electron chi connectivity index (χ4n) is 3.71. The molecule has 11 heteroatoms. The fourth-order valence-corrected chi connectivity index (χ4v) is 4.51. The zero-order chi connectivity index (χ0) is 26.3. The number of benzene rings is 2. The first kappa shape index (κ1) is 24.8. The van der Waals surface area contributed by atoms with Gasteiger partial charge in [0.25, 0.3) is 11.8 Å². The number of amides is 3. The molecule has 0 fully saturated rings. The third-order valence-corrected chi connectivity index (χ3v) is 6.44. The predicted molar refractivity (Wildman–Crippen MR) is 145 cm³/mol. The van der Waals surface area contributed by atoms with Crippen molar-refractivity contribution < 1.29 is 14.4 Å². The maximum Gasteiger partial charge on any atom is 0.275 e. The van der Waals surface area contributed by atoms with Gasteiger partial charge in [0, 0.05) is 59.3 Å². The molecule has 0 atom stereocenters. The molecule has 2 aromatic carbocycles. The van der Waals surface area contributed by atoms with Gasteiger partial charge in [-0.3, -0.25) is 24.0 Å². The van der Waals surface area contributed by atoms with Crippen molar-refractivity contribution >= 4 is 45.6 Å². The minimum Gasteiger partial charge on any atom is -0.353 e. The summed E-state index contributed by atoms with van der Waals surface area (Å²) in [5.41, 5.74) is 3.09. The van der Waals surface area contributed by atoms with Crippen LogP contribution in [0.25, 0.3) is 21.5 Å². The lowest BCUT2D eigenvalue weighted by Crippen LogP contribution is -2.36. The summed E-state index contributed by atoms with van der Waals surface area (Å²) in [5, 5.41) is 16.1. The molecule has 0 saturated carbocycles. The molecule has 0 unspecified atom stereocenters. The van der Waals surface area contributed by atoms with E-state index in [2.05, 4.69) is 31.0 Å². The van der Waals surface area contributed by atoms with Crippen LogP contribution in [0.3, 0.4) is 0 Å². The van der Waals surface area contributed by atoms with Crippen molar-refractivity contribution in [2.24, 2.45) is 0 Å². The SMILES string of the molecule is O=C(Cn1cc2cc(NC(=O)c3csc(-c4ccncc4)n3)ccc2n1)NCCNC(=O)c1ccccc1. The molecule has 10 nitrogen and oxygen atoms in total. The number of fused-ring (bicyclic) bond motifs is 1. The summed E-state index contributed by atoms with van der Waals surface area (Å²) < 4.78 is 1.54. The number of nitrogens with zero attached hydrogens (tertiary/aromatic N) is 4. The van der Waals surface area contributed by atoms with Crippen LogP contribution < -0.4 is 16.0 Å². The first-order valence-electron chi connectivity index (χ1n) is 11.8. The molecule has 0 bridgehead atoms. The average Bonchev–Trinajstić information content (AvgIpc) is 3.59. The monoisotopic (exact) mass is 525 g/mol. The van der Waals surface area contributed by atoms with Crippen LogP contribution in [-0.2, 0) is 11.3 Å². The van der Waals surface area contributed by atoms with E-state index in [-0.39, 0.29) is 24.3 Å². The van der Waals surface area contributed by atoms with E-state index in [9.17, 15) is 14.4 Å². The van der Waals surface area contributed by atoms with Crippen molar-refractivity contribution in [1.82, 2.24) is 30.4 Å². The average molecular weight is 526 g/mol. The Kier molecular flexibility index (Phi) is 7.46. The minimum atomic E-state index is -0.313. The van der Waals surface area contributed by atoms with Crippen LogP contribution in [0, 0.1) is 0 Å². The van der Waals surface area contributed by atoms with Crippen LogP contribution in [0.1, 0.15) is 20.8 Å². The maximum absolute atomic E-state index is 12.7. The van der Waals surface area contributed by atoms with Gasteiger partial charge in [-0.2, -0.15) is 5.10 Å². The van der Waals surface area contributed by atoms with Gasteiger partial charge in [0.2, 0.25) is 5.91 Å². The van der Waals surface area contributed by atoms with Crippen molar-refractivity contribution in [3.05, 3.63) is 95.9 Å². The van der Waals surface area contributed by atoms with E-state index in [1.807, 2.05) is 18.2 Å². The standard InChI is InChI=1S/C27H23N7O3S/c35-24(29-12-13-30-25(36)18-4-2-1-3-5-18)16-34-15-20-14-21(6-7-22(20)33-34)31-26(37)23-17-38-27(32-23)19-8-10-28-11-9-19/h1-11,14-15,17H,12-13,16H2,(H,29,35)(H,30,36)(H,31,37). The summed E-state index contributed by atoms with van der Waals surface area (Å²) in [4.78, 5) is 45.5. The third kappa shape index (κ3) is 6.08. The number of carbonyl (C=O) groups excluding carboxylic acids is 3. The quantitative estimate of drug-likeness (QED) is 0.253. The second-order valence-corrected chi connectivity index (χ2v) is 9.16. The van der Waals surface area contributed by atoms with E-state index in [1.165, 1.54) is 16.0 Å². The highest BCUT2D eigenvalue weighted by Crippen LogP contribution is 2.24. The van der Waals surface area contributed by atoms with Crippen molar-refractivity contribution in [2.75, 3.05) is 18.4 Å². The van der Waals surface area contributed by atoms with Crippen molar-refractivity contribution in [3.8, 4) is 10.6 Å². The zero-order valence-electron chi connectivity index (χ0n) is 20.1. The summed E-state index contributed by atoms with van der Waals surface area (Å²) in [6.07, 6.45) is 5.11. The second-order valence-electron chi connectivity index (χ2n) is 8.30. The molecule has 0 aliphatic rings. The second kappa shape index (κ2) is 11.4. The van der Waals surface area contributed by atoms with Gasteiger partial charge in [-0.15, -0.1) is 11.3 Å². The molecule has 3 heterocycles. The highest BCUT2D eigenvalue weighted by molar-refractivity contribution is 7.13. The van der Waals surface area contributed by atoms with Crippen LogP contribution in [-0.4, -0.2) is 50.6 Å². The number of hydrogen-bond acceptors (Lipinski definition) is 7. The number of anilines is 1. The number of thiazole rings is 1. The Morgan fingerprint density at radius 2 is 1.68 bits per heavy atom. The Balaban J connectivity index is 1.13. The van der Waals surface area contributed by atoms with Gasteiger partial charge in [-0.1, -0.05) is 18.2 Å². The van der Waals surface area contributed by atoms with Gasteiger partial charge in [-0.05, 0) is 42.5 Å². The van der Waals surface area contributed by atoms with Gasteiger partial charge in [0.1, 0.15) is 17.2 Å². The van der Waals surface area contributed by atoms with E-state index < -0.39 is 0 Å². The van der Waals surface area contributed by atoms with E-state index >= 15 is 0 Å². The van der Waals surface area contributed by atoms with E-state index in [0.29, 0.717) is 35.6 Å². The first-order chi connectivity index (χ1) is 18.5. The highest BCUT2D eigenvalue weighted by atomic mass is 32.1. The van der Waals surface area contributed by atoms with Crippen LogP contribution in [0.5, 0.6) is 0 Å². The van der Waals surface area contributed by atoms with E-state index in [4.69, 9.17) is 0 Å². The molecule has 3 N–H and O–H groups in total. The molecule has 0 saturated heterocycles. The fraction of sp³-hybridized carbons (Fsp3) is 0.111. The molecule has 0 aliphatic heterocycles. The highest BCUT2D eigenvalue weighted by Gasteiger charge is 2.13. The van der Waals surface area contributed by atoms with Crippen molar-refractivity contribution in [2.45, 2.75) is 6.54 Å². The number of hydrogen-bond donors (Lipinski definition) is 3. The molecule has 0 aliphatic carbocycles. The third-order valence-electron chi connectivity index (χ3n) is 5.55. The lowest BCUT2D eigenvalue weighted by Gasteiger charge is -2.07. The zero-order valence-corrected chi connectivity index (χ0v) is 20.9. The van der Waals surface area contributed by atoms with Crippen LogP contribution >= 0.6 is 11.3 Å². The van der Waals surface area contributed by atoms with Crippen LogP contribution in [0.2, 0.25) is 0 Å². The normalized spacial score (nSPS) is 10.7. The summed E-state index contributed by atoms with van der Waals surface area (Å²) in [6, 6.07) is 17.9. The molecule has 38 heavy (non-hydrogen) atoms. The predicted octanol–water partition coefficient (Wildman–Crippen LogP) is 3.35. The van der Waals surface area contributed by atoms with Crippen LogP contribution in [0.15, 0.2) is 84.6 Å². The molecule has 3 amide bonds. The minimum absolute atomic E-state index is 0.0274. The molecule has 190 valence electrons. The van der Waals surface area contributed by atoms with Crippen molar-refractivity contribution in [3.63, 3.8) is 0 Å². The van der Waals surface area contributed by atoms with Gasteiger partial charge < -0.3 is 16.0 Å². The molecular weight excluding hydrogens is 502 g/mol. The topological polar surface area (TPSA) is 131 Å².